The quantitative estimate of drug-likeness (QED) is 0.656. The molecule has 0 unspecified atom stereocenters. The zero-order valence-electron chi connectivity index (χ0n) is 10.7. The van der Waals surface area contributed by atoms with Crippen molar-refractivity contribution in [3.8, 4) is 5.75 Å². The molecule has 0 fully saturated rings. The van der Waals surface area contributed by atoms with Crippen LogP contribution < -0.4 is 15.8 Å². The first kappa shape index (κ1) is 14.1. The first-order valence-corrected chi connectivity index (χ1v) is 6.42. The van der Waals surface area contributed by atoms with Crippen LogP contribution in [0.4, 0.5) is 11.5 Å². The molecule has 0 atom stereocenters. The number of amides is 1. The topological polar surface area (TPSA) is 77.2 Å². The van der Waals surface area contributed by atoms with Crippen LogP contribution in [0.2, 0.25) is 5.15 Å². The number of rotatable bonds is 5. The maximum atomic E-state index is 11.7. The Hall–Kier alpha value is -2.27. The highest BCUT2D eigenvalue weighted by molar-refractivity contribution is 6.29. The van der Waals surface area contributed by atoms with Crippen LogP contribution in [0.5, 0.6) is 5.75 Å². The van der Waals surface area contributed by atoms with E-state index in [9.17, 15) is 4.79 Å². The van der Waals surface area contributed by atoms with E-state index in [2.05, 4.69) is 10.3 Å². The number of carbonyl (C=O) groups is 1. The number of hydrogen-bond acceptors (Lipinski definition) is 4. The number of anilines is 2. The number of carbonyl (C=O) groups excluding carboxylic acids is 1. The zero-order chi connectivity index (χ0) is 14.4. The Morgan fingerprint density at radius 3 is 2.80 bits per heavy atom. The molecule has 5 nitrogen and oxygen atoms in total. The van der Waals surface area contributed by atoms with E-state index < -0.39 is 0 Å². The Bertz CT molecular complexity index is 604. The number of ether oxygens (including phenoxy) is 1. The fraction of sp³-hybridized carbons (Fsp3) is 0.143. The summed E-state index contributed by atoms with van der Waals surface area (Å²) in [5.74, 6) is 0.789. The second-order valence-corrected chi connectivity index (χ2v) is 4.42. The van der Waals surface area contributed by atoms with Gasteiger partial charge in [-0.2, -0.15) is 0 Å². The highest BCUT2D eigenvalue weighted by Gasteiger charge is 2.05. The van der Waals surface area contributed by atoms with Gasteiger partial charge in [0.25, 0.3) is 0 Å². The lowest BCUT2D eigenvalue weighted by atomic mass is 10.3. The molecule has 0 spiro atoms. The van der Waals surface area contributed by atoms with Crippen LogP contribution in [-0.4, -0.2) is 17.5 Å². The largest absolute Gasteiger partial charge is 0.491 e. The number of nitrogens with one attached hydrogen (secondary N) is 1. The maximum absolute atomic E-state index is 11.7. The van der Waals surface area contributed by atoms with Crippen LogP contribution in [0.15, 0.2) is 42.5 Å². The van der Waals surface area contributed by atoms with Crippen LogP contribution in [-0.2, 0) is 4.79 Å². The van der Waals surface area contributed by atoms with Crippen molar-refractivity contribution in [1.29, 1.82) is 0 Å². The molecule has 1 heterocycles. The predicted octanol–water partition coefficient (Wildman–Crippen LogP) is 2.72. The van der Waals surface area contributed by atoms with Gasteiger partial charge in [-0.1, -0.05) is 29.8 Å². The van der Waals surface area contributed by atoms with Crippen LogP contribution in [0, 0.1) is 0 Å². The van der Waals surface area contributed by atoms with Crippen molar-refractivity contribution in [2.24, 2.45) is 0 Å². The van der Waals surface area contributed by atoms with Gasteiger partial charge in [0.15, 0.2) is 0 Å². The van der Waals surface area contributed by atoms with Crippen molar-refractivity contribution >= 4 is 29.0 Å². The molecule has 0 saturated carbocycles. The van der Waals surface area contributed by atoms with Crippen molar-refractivity contribution in [2.45, 2.75) is 6.42 Å². The Kier molecular flexibility index (Phi) is 4.79. The number of halogens is 1. The molecule has 0 saturated heterocycles. The molecule has 1 amide bonds. The van der Waals surface area contributed by atoms with E-state index in [1.807, 2.05) is 12.1 Å². The summed E-state index contributed by atoms with van der Waals surface area (Å²) in [6.45, 7) is 0.237. The Balaban J connectivity index is 1.80. The molecule has 0 aliphatic rings. The van der Waals surface area contributed by atoms with Gasteiger partial charge >= 0.3 is 0 Å². The van der Waals surface area contributed by atoms with Crippen LogP contribution >= 0.6 is 11.6 Å². The smallest absolute Gasteiger partial charge is 0.228 e. The summed E-state index contributed by atoms with van der Waals surface area (Å²) in [5, 5.41) is 2.97. The number of pyridine rings is 1. The highest BCUT2D eigenvalue weighted by Crippen LogP contribution is 2.19. The maximum Gasteiger partial charge on any atom is 0.228 e. The Labute approximate surface area is 121 Å². The number of benzene rings is 1. The van der Waals surface area contributed by atoms with Gasteiger partial charge in [0.2, 0.25) is 5.91 Å². The van der Waals surface area contributed by atoms with Crippen molar-refractivity contribution < 1.29 is 9.53 Å². The summed E-state index contributed by atoms with van der Waals surface area (Å²) in [5.41, 5.74) is 6.27. The molecule has 0 aliphatic carbocycles. The highest BCUT2D eigenvalue weighted by atomic mass is 35.5. The molecule has 6 heteroatoms. The first-order chi connectivity index (χ1) is 9.65. The van der Waals surface area contributed by atoms with Crippen LogP contribution in [0.25, 0.3) is 0 Å². The molecule has 1 aromatic heterocycles. The second kappa shape index (κ2) is 6.77. The molecular weight excluding hydrogens is 278 g/mol. The lowest BCUT2D eigenvalue weighted by molar-refractivity contribution is -0.116. The number of nitrogens with zero attached hydrogens (tertiary/aromatic N) is 1. The molecule has 0 radical (unpaired) electrons. The van der Waals surface area contributed by atoms with E-state index in [1.165, 1.54) is 0 Å². The van der Waals surface area contributed by atoms with Crippen molar-refractivity contribution in [3.63, 3.8) is 0 Å². The minimum atomic E-state index is -0.200. The summed E-state index contributed by atoms with van der Waals surface area (Å²) >= 11 is 5.73. The molecule has 0 aliphatic heterocycles. The third-order valence-corrected chi connectivity index (χ3v) is 2.70. The molecule has 104 valence electrons. The third kappa shape index (κ3) is 4.13. The molecular formula is C14H14ClN3O2. The predicted molar refractivity (Wildman–Crippen MR) is 78.8 cm³/mol. The van der Waals surface area contributed by atoms with Gasteiger partial charge in [-0.25, -0.2) is 4.98 Å². The Morgan fingerprint density at radius 1 is 1.25 bits per heavy atom. The van der Waals surface area contributed by atoms with Gasteiger partial charge in [-0.05, 0) is 24.3 Å². The summed E-state index contributed by atoms with van der Waals surface area (Å²) in [6, 6.07) is 12.2. The van der Waals surface area contributed by atoms with E-state index >= 15 is 0 Å². The lowest BCUT2D eigenvalue weighted by Crippen LogP contribution is -2.16. The van der Waals surface area contributed by atoms with Gasteiger partial charge in [0, 0.05) is 0 Å². The van der Waals surface area contributed by atoms with Gasteiger partial charge in [0.1, 0.15) is 16.7 Å². The average Bonchev–Trinajstić information content (AvgIpc) is 2.41. The minimum absolute atomic E-state index is 0.197. The standard InChI is InChI=1S/C14H14ClN3O2/c15-12-6-3-7-13(17-12)18-14(19)8-9-20-11-5-2-1-4-10(11)16/h1-7H,8-9,16H2,(H,17,18,19). The number of nitrogen functional groups attached to an aromatic ring is 1. The SMILES string of the molecule is Nc1ccccc1OCCC(=O)Nc1cccc(Cl)n1. The fourth-order valence-electron chi connectivity index (χ4n) is 1.55. The van der Waals surface area contributed by atoms with E-state index in [1.54, 1.807) is 30.3 Å². The molecule has 20 heavy (non-hydrogen) atoms. The van der Waals surface area contributed by atoms with Gasteiger partial charge in [-0.3, -0.25) is 4.79 Å². The number of hydrogen-bond donors (Lipinski definition) is 2. The Morgan fingerprint density at radius 2 is 2.05 bits per heavy atom. The van der Waals surface area contributed by atoms with E-state index in [0.717, 1.165) is 0 Å². The zero-order valence-corrected chi connectivity index (χ0v) is 11.4. The second-order valence-electron chi connectivity index (χ2n) is 4.03. The summed E-state index contributed by atoms with van der Waals surface area (Å²) < 4.78 is 5.44. The van der Waals surface area contributed by atoms with Gasteiger partial charge in [-0.15, -0.1) is 0 Å². The normalized spacial score (nSPS) is 10.1. The number of para-hydroxylation sites is 2. The van der Waals surface area contributed by atoms with E-state index in [4.69, 9.17) is 22.1 Å². The lowest BCUT2D eigenvalue weighted by Gasteiger charge is -2.08. The van der Waals surface area contributed by atoms with Gasteiger partial charge in [0.05, 0.1) is 18.7 Å². The molecule has 1 aromatic carbocycles. The molecule has 2 rings (SSSR count). The van der Waals surface area contributed by atoms with Crippen LogP contribution in [0.1, 0.15) is 6.42 Å². The fourth-order valence-corrected chi connectivity index (χ4v) is 1.71. The summed E-state index contributed by atoms with van der Waals surface area (Å²) in [7, 11) is 0. The van der Waals surface area contributed by atoms with Crippen molar-refractivity contribution in [2.75, 3.05) is 17.7 Å². The van der Waals surface area contributed by atoms with Crippen molar-refractivity contribution in [1.82, 2.24) is 4.98 Å². The minimum Gasteiger partial charge on any atom is -0.491 e. The van der Waals surface area contributed by atoms with Crippen molar-refractivity contribution in [3.05, 3.63) is 47.6 Å². The van der Waals surface area contributed by atoms with Gasteiger partial charge < -0.3 is 15.8 Å². The first-order valence-electron chi connectivity index (χ1n) is 6.05. The summed E-state index contributed by atoms with van der Waals surface area (Å²) in [4.78, 5) is 15.7. The van der Waals surface area contributed by atoms with E-state index in [-0.39, 0.29) is 18.9 Å². The number of nitrogens with two attached hydrogens (primary N) is 1. The van der Waals surface area contributed by atoms with E-state index in [0.29, 0.717) is 22.4 Å². The monoisotopic (exact) mass is 291 g/mol. The molecule has 3 N–H and O–H groups in total. The summed E-state index contributed by atoms with van der Waals surface area (Å²) in [6.07, 6.45) is 0.197. The molecule has 0 bridgehead atoms. The third-order valence-electron chi connectivity index (χ3n) is 2.49. The van der Waals surface area contributed by atoms with Crippen LogP contribution in [0.3, 0.4) is 0 Å². The molecule has 2 aromatic rings. The number of aromatic nitrogens is 1. The average molecular weight is 292 g/mol.